The fraction of sp³-hybridized carbons (Fsp3) is 0.808. The van der Waals surface area contributed by atoms with Crippen LogP contribution < -0.4 is 0 Å². The Hall–Kier alpha value is -1.93. The van der Waals surface area contributed by atoms with E-state index >= 15 is 0 Å². The molecule has 6 atom stereocenters. The molecule has 0 aromatic rings. The molecule has 0 N–H and O–H groups in total. The van der Waals surface area contributed by atoms with Gasteiger partial charge in [0.15, 0.2) is 5.79 Å². The van der Waals surface area contributed by atoms with E-state index in [0.717, 1.165) is 44.2 Å². The molecule has 4 aliphatic carbocycles. The maximum atomic E-state index is 11.7. The van der Waals surface area contributed by atoms with Crippen LogP contribution in [0.5, 0.6) is 0 Å². The molecule has 1 spiro atoms. The molecule has 0 bridgehead atoms. The van der Waals surface area contributed by atoms with Gasteiger partial charge in [0.05, 0.1) is 26.0 Å². The van der Waals surface area contributed by atoms with E-state index in [2.05, 4.69) is 25.1 Å². The average Bonchev–Trinajstić information content (AvgIpc) is 3.40. The summed E-state index contributed by atoms with van der Waals surface area (Å²) in [7, 11) is 1.34. The standard InChI is InChI=1S/C26H37NO7/c1-16(28)34-18-5-8-24(2)17(13-18)14-21(27-33-15-22(29)30-4)23-19(24)6-9-25(3)20(23)7-10-26(25)31-11-12-32-26/h14,18-20,23H,5-13,15H2,1-4H3/b27-21-/t18-,19?,20?,23?,24-,25-/m0/s1. The average molecular weight is 476 g/mol. The molecule has 1 saturated heterocycles. The summed E-state index contributed by atoms with van der Waals surface area (Å²) < 4.78 is 22.9. The summed E-state index contributed by atoms with van der Waals surface area (Å²) in [5.74, 6) is -0.241. The summed E-state index contributed by atoms with van der Waals surface area (Å²) in [5, 5.41) is 4.52. The van der Waals surface area contributed by atoms with Crippen molar-refractivity contribution in [3.05, 3.63) is 11.6 Å². The van der Waals surface area contributed by atoms with Crippen LogP contribution in [0.25, 0.3) is 0 Å². The predicted molar refractivity (Wildman–Crippen MR) is 123 cm³/mol. The number of hydrogen-bond acceptors (Lipinski definition) is 8. The third kappa shape index (κ3) is 3.60. The van der Waals surface area contributed by atoms with E-state index in [-0.39, 0.29) is 35.4 Å². The highest BCUT2D eigenvalue weighted by molar-refractivity contribution is 5.99. The largest absolute Gasteiger partial charge is 0.466 e. The number of carbonyl (C=O) groups is 2. The van der Waals surface area contributed by atoms with Gasteiger partial charge in [-0.25, -0.2) is 4.79 Å². The SMILES string of the molecule is COC(=O)CO/N=C1/C=C2C[C@@H](OC(C)=O)CC[C@]2(C)C2CC[C@@]3(C)C(CCC34OCCO4)C12. The molecule has 1 heterocycles. The highest BCUT2D eigenvalue weighted by atomic mass is 16.7. The van der Waals surface area contributed by atoms with Crippen LogP contribution >= 0.6 is 0 Å². The molecule has 188 valence electrons. The highest BCUT2D eigenvalue weighted by Crippen LogP contribution is 2.68. The van der Waals surface area contributed by atoms with Crippen LogP contribution in [-0.2, 0) is 33.4 Å². The zero-order valence-corrected chi connectivity index (χ0v) is 20.8. The van der Waals surface area contributed by atoms with Crippen molar-refractivity contribution in [1.82, 2.24) is 0 Å². The third-order valence-electron chi connectivity index (χ3n) is 9.63. The normalized spacial score (nSPS) is 41.3. The maximum Gasteiger partial charge on any atom is 0.346 e. The lowest BCUT2D eigenvalue weighted by molar-refractivity contribution is -0.238. The first-order valence-electron chi connectivity index (χ1n) is 12.7. The van der Waals surface area contributed by atoms with Crippen LogP contribution in [0.3, 0.4) is 0 Å². The fourth-order valence-electron chi connectivity index (χ4n) is 7.92. The second-order valence-electron chi connectivity index (χ2n) is 11.1. The number of oxime groups is 1. The van der Waals surface area contributed by atoms with E-state index in [1.54, 1.807) is 0 Å². The van der Waals surface area contributed by atoms with Gasteiger partial charge in [-0.1, -0.05) is 24.6 Å². The minimum Gasteiger partial charge on any atom is -0.466 e. The van der Waals surface area contributed by atoms with E-state index in [1.165, 1.54) is 19.6 Å². The number of rotatable bonds is 4. The molecule has 8 nitrogen and oxygen atoms in total. The molecule has 34 heavy (non-hydrogen) atoms. The lowest BCUT2D eigenvalue weighted by Gasteiger charge is -2.58. The van der Waals surface area contributed by atoms with Gasteiger partial charge in [0.1, 0.15) is 6.10 Å². The van der Waals surface area contributed by atoms with Crippen molar-refractivity contribution in [2.24, 2.45) is 33.7 Å². The van der Waals surface area contributed by atoms with E-state index in [1.807, 2.05) is 0 Å². The van der Waals surface area contributed by atoms with Crippen molar-refractivity contribution in [3.63, 3.8) is 0 Å². The molecular formula is C26H37NO7. The Morgan fingerprint density at radius 2 is 1.82 bits per heavy atom. The van der Waals surface area contributed by atoms with E-state index in [4.69, 9.17) is 23.8 Å². The van der Waals surface area contributed by atoms with E-state index < -0.39 is 11.8 Å². The van der Waals surface area contributed by atoms with Crippen molar-refractivity contribution in [1.29, 1.82) is 0 Å². The molecule has 3 saturated carbocycles. The van der Waals surface area contributed by atoms with Crippen molar-refractivity contribution in [2.75, 3.05) is 26.9 Å². The van der Waals surface area contributed by atoms with Crippen molar-refractivity contribution in [3.8, 4) is 0 Å². The minimum absolute atomic E-state index is 0.0250. The van der Waals surface area contributed by atoms with Gasteiger partial charge in [-0.15, -0.1) is 0 Å². The zero-order chi connectivity index (χ0) is 24.1. The van der Waals surface area contributed by atoms with Gasteiger partial charge >= 0.3 is 11.9 Å². The fourth-order valence-corrected chi connectivity index (χ4v) is 7.92. The van der Waals surface area contributed by atoms with Gasteiger partial charge < -0.3 is 23.8 Å². The topological polar surface area (TPSA) is 92.7 Å². The monoisotopic (exact) mass is 475 g/mol. The summed E-state index contributed by atoms with van der Waals surface area (Å²) in [6.07, 6.45) is 8.65. The highest BCUT2D eigenvalue weighted by Gasteiger charge is 2.67. The number of allylic oxidation sites excluding steroid dienone is 1. The molecule has 8 heteroatoms. The predicted octanol–water partition coefficient (Wildman–Crippen LogP) is 3.78. The second-order valence-corrected chi connectivity index (χ2v) is 11.1. The van der Waals surface area contributed by atoms with Gasteiger partial charge in [-0.2, -0.15) is 0 Å². The van der Waals surface area contributed by atoms with Gasteiger partial charge in [-0.3, -0.25) is 4.79 Å². The molecule has 0 aromatic carbocycles. The number of esters is 2. The lowest BCUT2D eigenvalue weighted by Crippen LogP contribution is -2.57. The van der Waals surface area contributed by atoms with E-state index in [0.29, 0.717) is 31.5 Å². The third-order valence-corrected chi connectivity index (χ3v) is 9.63. The number of methoxy groups -OCH3 is 1. The van der Waals surface area contributed by atoms with Gasteiger partial charge in [-0.05, 0) is 55.4 Å². The number of fused-ring (bicyclic) bond motifs is 6. The molecule has 0 amide bonds. The van der Waals surface area contributed by atoms with Crippen LogP contribution in [0, 0.1) is 28.6 Å². The number of hydrogen-bond donors (Lipinski definition) is 0. The number of ether oxygens (including phenoxy) is 4. The lowest BCUT2D eigenvalue weighted by atomic mass is 9.47. The number of carbonyl (C=O) groups excluding carboxylic acids is 2. The Labute approximate surface area is 201 Å². The summed E-state index contributed by atoms with van der Waals surface area (Å²) in [6, 6.07) is 0. The molecular weight excluding hydrogens is 438 g/mol. The molecule has 1 aliphatic heterocycles. The molecule has 5 aliphatic rings. The Balaban J connectivity index is 1.51. The first-order valence-corrected chi connectivity index (χ1v) is 12.7. The van der Waals surface area contributed by atoms with Gasteiger partial charge in [0.25, 0.3) is 0 Å². The first-order chi connectivity index (χ1) is 16.2. The quantitative estimate of drug-likeness (QED) is 0.451. The number of nitrogens with zero attached hydrogens (tertiary/aromatic N) is 1. The smallest absolute Gasteiger partial charge is 0.346 e. The molecule has 5 rings (SSSR count). The summed E-state index contributed by atoms with van der Waals surface area (Å²) in [5.41, 5.74) is 2.09. The van der Waals surface area contributed by atoms with Gasteiger partial charge in [0.2, 0.25) is 6.61 Å². The molecule has 4 fully saturated rings. The van der Waals surface area contributed by atoms with Crippen molar-refractivity contribution >= 4 is 17.7 Å². The molecule has 0 radical (unpaired) electrons. The second kappa shape index (κ2) is 8.63. The summed E-state index contributed by atoms with van der Waals surface area (Å²) in [6.45, 7) is 7.27. The van der Waals surface area contributed by atoms with E-state index in [9.17, 15) is 9.59 Å². The van der Waals surface area contributed by atoms with Crippen LogP contribution in [-0.4, -0.2) is 56.5 Å². The summed E-state index contributed by atoms with van der Waals surface area (Å²) in [4.78, 5) is 28.8. The van der Waals surface area contributed by atoms with Gasteiger partial charge in [0, 0.05) is 31.1 Å². The summed E-state index contributed by atoms with van der Waals surface area (Å²) >= 11 is 0. The Morgan fingerprint density at radius 3 is 2.53 bits per heavy atom. The Bertz CT molecular complexity index is 907. The first kappa shape index (κ1) is 23.8. The Kier molecular flexibility index (Phi) is 6.04. The maximum absolute atomic E-state index is 11.7. The molecule has 0 aromatic heterocycles. The van der Waals surface area contributed by atoms with Crippen LogP contribution in [0.15, 0.2) is 16.8 Å². The Morgan fingerprint density at radius 1 is 1.09 bits per heavy atom. The van der Waals surface area contributed by atoms with Crippen molar-refractivity contribution < 1.29 is 33.4 Å². The molecule has 3 unspecified atom stereocenters. The van der Waals surface area contributed by atoms with Crippen LogP contribution in [0.2, 0.25) is 0 Å². The minimum atomic E-state index is -0.501. The zero-order valence-electron chi connectivity index (χ0n) is 20.8. The van der Waals surface area contributed by atoms with Crippen molar-refractivity contribution in [2.45, 2.75) is 77.6 Å². The van der Waals surface area contributed by atoms with Crippen LogP contribution in [0.1, 0.15) is 65.7 Å². The van der Waals surface area contributed by atoms with Crippen LogP contribution in [0.4, 0.5) is 0 Å².